The van der Waals surface area contributed by atoms with Gasteiger partial charge in [-0.25, -0.2) is 4.39 Å². The van der Waals surface area contributed by atoms with Crippen LogP contribution in [0.1, 0.15) is 10.4 Å². The van der Waals surface area contributed by atoms with E-state index in [1.54, 1.807) is 24.3 Å². The van der Waals surface area contributed by atoms with Crippen molar-refractivity contribution >= 4 is 16.6 Å². The molecule has 0 aliphatic carbocycles. The summed E-state index contributed by atoms with van der Waals surface area (Å²) in [5.74, 6) is -0.210. The van der Waals surface area contributed by atoms with Crippen molar-refractivity contribution < 1.29 is 18.1 Å². The van der Waals surface area contributed by atoms with Crippen molar-refractivity contribution in [1.82, 2.24) is 0 Å². The maximum Gasteiger partial charge on any atom is 0.175 e. The first-order valence-corrected chi connectivity index (χ1v) is 7.23. The van der Waals surface area contributed by atoms with Gasteiger partial charge in [0.25, 0.3) is 0 Å². The number of Topliss-reactive ketones (excluding diaryl/α,β-unsaturated/α-hetero) is 1. The van der Waals surface area contributed by atoms with Crippen molar-refractivity contribution in [3.63, 3.8) is 0 Å². The quantitative estimate of drug-likeness (QED) is 0.796. The smallest absolute Gasteiger partial charge is 0.175 e. The minimum atomic E-state index is -1.49. The maximum absolute atomic E-state index is 12.8. The van der Waals surface area contributed by atoms with E-state index in [4.69, 9.17) is 4.74 Å². The third-order valence-electron chi connectivity index (χ3n) is 2.73. The zero-order valence-corrected chi connectivity index (χ0v) is 11.7. The lowest BCUT2D eigenvalue weighted by Crippen LogP contribution is -2.11. The number of methoxy groups -OCH3 is 1. The molecule has 104 valence electrons. The molecule has 0 saturated carbocycles. The lowest BCUT2D eigenvalue weighted by Gasteiger charge is -2.04. The normalized spacial score (nSPS) is 11.9. The Morgan fingerprint density at radius 1 is 1.20 bits per heavy atom. The van der Waals surface area contributed by atoms with Crippen molar-refractivity contribution in [1.29, 1.82) is 0 Å². The maximum atomic E-state index is 12.8. The van der Waals surface area contributed by atoms with Crippen LogP contribution in [-0.2, 0) is 10.8 Å². The molecule has 2 aromatic rings. The molecule has 0 aliphatic heterocycles. The van der Waals surface area contributed by atoms with E-state index in [1.807, 2.05) is 0 Å². The first-order valence-electron chi connectivity index (χ1n) is 5.91. The van der Waals surface area contributed by atoms with E-state index < -0.39 is 16.6 Å². The Balaban J connectivity index is 2.10. The Labute approximate surface area is 118 Å². The van der Waals surface area contributed by atoms with E-state index in [1.165, 1.54) is 31.4 Å². The molecular formula is C15H13FO3S. The summed E-state index contributed by atoms with van der Waals surface area (Å²) in [5.41, 5.74) is 0.444. The summed E-state index contributed by atoms with van der Waals surface area (Å²) in [7, 11) is 0.0263. The van der Waals surface area contributed by atoms with Gasteiger partial charge in [0.05, 0.1) is 23.7 Å². The second kappa shape index (κ2) is 6.43. The highest BCUT2D eigenvalue weighted by Gasteiger charge is 2.13. The molecule has 0 heterocycles. The highest BCUT2D eigenvalue weighted by Crippen LogP contribution is 2.15. The Kier molecular flexibility index (Phi) is 4.63. The van der Waals surface area contributed by atoms with Crippen LogP contribution in [0.3, 0.4) is 0 Å². The van der Waals surface area contributed by atoms with Gasteiger partial charge < -0.3 is 4.74 Å². The zero-order valence-electron chi connectivity index (χ0n) is 10.8. The number of hydrogen-bond donors (Lipinski definition) is 0. The minimum Gasteiger partial charge on any atom is -0.497 e. The van der Waals surface area contributed by atoms with Gasteiger partial charge in [0.1, 0.15) is 11.6 Å². The number of ether oxygens (including phenoxy) is 1. The monoisotopic (exact) mass is 292 g/mol. The highest BCUT2D eigenvalue weighted by atomic mass is 32.2. The van der Waals surface area contributed by atoms with E-state index >= 15 is 0 Å². The van der Waals surface area contributed by atoms with Crippen LogP contribution < -0.4 is 4.74 Å². The first-order chi connectivity index (χ1) is 9.60. The van der Waals surface area contributed by atoms with E-state index in [2.05, 4.69) is 0 Å². The van der Waals surface area contributed by atoms with Gasteiger partial charge in [-0.3, -0.25) is 9.00 Å². The van der Waals surface area contributed by atoms with Crippen molar-refractivity contribution in [2.24, 2.45) is 0 Å². The second-order valence-corrected chi connectivity index (χ2v) is 5.55. The lowest BCUT2D eigenvalue weighted by atomic mass is 10.1. The lowest BCUT2D eigenvalue weighted by molar-refractivity contribution is 0.102. The minimum absolute atomic E-state index is 0.140. The molecule has 0 amide bonds. The molecule has 2 aromatic carbocycles. The Morgan fingerprint density at radius 2 is 1.90 bits per heavy atom. The average Bonchev–Trinajstić information content (AvgIpc) is 2.47. The number of carbonyl (C=O) groups is 1. The van der Waals surface area contributed by atoms with Crippen LogP contribution in [0.15, 0.2) is 53.4 Å². The van der Waals surface area contributed by atoms with Crippen molar-refractivity contribution in [3.05, 3.63) is 59.9 Å². The van der Waals surface area contributed by atoms with E-state index in [-0.39, 0.29) is 11.5 Å². The van der Waals surface area contributed by atoms with Gasteiger partial charge in [-0.1, -0.05) is 12.1 Å². The molecule has 20 heavy (non-hydrogen) atoms. The Bertz CT molecular complexity index is 638. The molecule has 0 aromatic heterocycles. The van der Waals surface area contributed by atoms with Gasteiger partial charge >= 0.3 is 0 Å². The summed E-state index contributed by atoms with van der Waals surface area (Å²) in [6.45, 7) is 0. The van der Waals surface area contributed by atoms with Gasteiger partial charge in [-0.15, -0.1) is 0 Å². The molecular weight excluding hydrogens is 279 g/mol. The number of hydrogen-bond acceptors (Lipinski definition) is 3. The molecule has 3 nitrogen and oxygen atoms in total. The number of benzene rings is 2. The summed E-state index contributed by atoms with van der Waals surface area (Å²) in [6, 6.07) is 12.0. The summed E-state index contributed by atoms with van der Waals surface area (Å²) >= 11 is 0. The summed E-state index contributed by atoms with van der Waals surface area (Å²) in [5, 5.41) is 0. The van der Waals surface area contributed by atoms with Gasteiger partial charge in [0.15, 0.2) is 5.78 Å². The van der Waals surface area contributed by atoms with Crippen LogP contribution in [0, 0.1) is 5.82 Å². The molecule has 0 bridgehead atoms. The number of rotatable bonds is 5. The fourth-order valence-corrected chi connectivity index (χ4v) is 2.68. The molecule has 2 rings (SSSR count). The Morgan fingerprint density at radius 3 is 2.55 bits per heavy atom. The number of carbonyl (C=O) groups excluding carboxylic acids is 1. The molecule has 0 fully saturated rings. The number of halogens is 1. The average molecular weight is 292 g/mol. The Hall–Kier alpha value is -2.01. The largest absolute Gasteiger partial charge is 0.497 e. The SMILES string of the molecule is COc1cccc(C(=O)CS(=O)c2ccc(F)cc2)c1. The van der Waals surface area contributed by atoms with Crippen LogP contribution in [0.4, 0.5) is 4.39 Å². The van der Waals surface area contributed by atoms with Crippen LogP contribution in [0.25, 0.3) is 0 Å². The molecule has 1 unspecified atom stereocenters. The topological polar surface area (TPSA) is 43.4 Å². The predicted molar refractivity (Wildman–Crippen MR) is 75.0 cm³/mol. The van der Waals surface area contributed by atoms with Gasteiger partial charge in [-0.05, 0) is 36.4 Å². The first kappa shape index (κ1) is 14.4. The molecule has 1 atom stereocenters. The van der Waals surface area contributed by atoms with Gasteiger partial charge in [0, 0.05) is 10.5 Å². The third-order valence-corrected chi connectivity index (χ3v) is 4.05. The predicted octanol–water partition coefficient (Wildman–Crippen LogP) is 2.82. The summed E-state index contributed by atoms with van der Waals surface area (Å²) in [6.07, 6.45) is 0. The zero-order chi connectivity index (χ0) is 14.5. The molecule has 5 heteroatoms. The molecule has 0 N–H and O–H groups in total. The molecule has 0 aliphatic rings. The third kappa shape index (κ3) is 3.51. The van der Waals surface area contributed by atoms with Gasteiger partial charge in [-0.2, -0.15) is 0 Å². The van der Waals surface area contributed by atoms with Crippen LogP contribution >= 0.6 is 0 Å². The fourth-order valence-electron chi connectivity index (χ4n) is 1.67. The van der Waals surface area contributed by atoms with E-state index in [0.717, 1.165) is 0 Å². The molecule has 0 saturated heterocycles. The molecule has 0 radical (unpaired) electrons. The second-order valence-electron chi connectivity index (χ2n) is 4.10. The van der Waals surface area contributed by atoms with E-state index in [0.29, 0.717) is 16.2 Å². The van der Waals surface area contributed by atoms with Crippen molar-refractivity contribution in [3.8, 4) is 5.75 Å². The van der Waals surface area contributed by atoms with Crippen LogP contribution in [0.2, 0.25) is 0 Å². The van der Waals surface area contributed by atoms with Gasteiger partial charge in [0.2, 0.25) is 0 Å². The fraction of sp³-hybridized carbons (Fsp3) is 0.133. The van der Waals surface area contributed by atoms with E-state index in [9.17, 15) is 13.4 Å². The van der Waals surface area contributed by atoms with Crippen LogP contribution in [-0.4, -0.2) is 22.9 Å². The van der Waals surface area contributed by atoms with Crippen molar-refractivity contribution in [2.45, 2.75) is 4.90 Å². The van der Waals surface area contributed by atoms with Crippen LogP contribution in [0.5, 0.6) is 5.75 Å². The summed E-state index contributed by atoms with van der Waals surface area (Å²) < 4.78 is 29.8. The molecule has 0 spiro atoms. The highest BCUT2D eigenvalue weighted by molar-refractivity contribution is 7.85. The summed E-state index contributed by atoms with van der Waals surface area (Å²) in [4.78, 5) is 12.5. The number of ketones is 1. The van der Waals surface area contributed by atoms with Crippen molar-refractivity contribution in [2.75, 3.05) is 12.9 Å². The standard InChI is InChI=1S/C15H13FO3S/c1-19-13-4-2-3-11(9-13)15(17)10-20(18)14-7-5-12(16)6-8-14/h2-9H,10H2,1H3.